The predicted octanol–water partition coefficient (Wildman–Crippen LogP) is 4.99. The van der Waals surface area contributed by atoms with Gasteiger partial charge in [-0.15, -0.1) is 0 Å². The van der Waals surface area contributed by atoms with E-state index in [9.17, 15) is 15.2 Å². The molecule has 2 aromatic carbocycles. The number of carboxylic acid groups (broad SMARTS) is 1. The van der Waals surface area contributed by atoms with E-state index in [0.29, 0.717) is 34.0 Å². The fraction of sp³-hybridized carbons (Fsp3) is 0.192. The number of hydrogen-bond donors (Lipinski definition) is 2. The van der Waals surface area contributed by atoms with Crippen LogP contribution in [0.15, 0.2) is 53.2 Å². The first-order valence-corrected chi connectivity index (χ1v) is 11.1. The Kier molecular flexibility index (Phi) is 5.41. The van der Waals surface area contributed by atoms with Crippen molar-refractivity contribution < 1.29 is 14.4 Å². The van der Waals surface area contributed by atoms with E-state index in [1.807, 2.05) is 60.1 Å². The number of nitrogens with one attached hydrogen (secondary N) is 1. The first-order chi connectivity index (χ1) is 16.9. The lowest BCUT2D eigenvalue weighted by Crippen LogP contribution is -2.10. The lowest BCUT2D eigenvalue weighted by Gasteiger charge is -2.18. The van der Waals surface area contributed by atoms with Crippen LogP contribution < -0.4 is 5.32 Å². The number of anilines is 1. The molecule has 0 spiro atoms. The van der Waals surface area contributed by atoms with Gasteiger partial charge in [0, 0.05) is 10.9 Å². The number of aliphatic carboxylic acids is 1. The topological polar surface area (TPSA) is 130 Å². The predicted molar refractivity (Wildman–Crippen MR) is 131 cm³/mol. The summed E-state index contributed by atoms with van der Waals surface area (Å²) in [7, 11) is 0. The van der Waals surface area contributed by atoms with Crippen LogP contribution in [0.1, 0.15) is 35.5 Å². The Bertz CT molecular complexity index is 1630. The molecule has 0 amide bonds. The van der Waals surface area contributed by atoms with E-state index in [1.54, 1.807) is 13.1 Å². The van der Waals surface area contributed by atoms with Crippen molar-refractivity contribution in [1.82, 2.24) is 19.7 Å². The highest BCUT2D eigenvalue weighted by Crippen LogP contribution is 2.37. The van der Waals surface area contributed by atoms with Gasteiger partial charge in [-0.2, -0.15) is 5.26 Å². The summed E-state index contributed by atoms with van der Waals surface area (Å²) in [5, 5.41) is 26.2. The maximum Gasteiger partial charge on any atom is 0.311 e. The number of rotatable bonds is 6. The number of pyridine rings is 1. The molecule has 2 N–H and O–H groups in total. The Hall–Kier alpha value is -4.71. The van der Waals surface area contributed by atoms with Crippen molar-refractivity contribution >= 4 is 33.9 Å². The van der Waals surface area contributed by atoms with Crippen LogP contribution in [0.5, 0.6) is 0 Å². The third-order valence-corrected chi connectivity index (χ3v) is 6.21. The zero-order valence-electron chi connectivity index (χ0n) is 19.4. The fourth-order valence-electron chi connectivity index (χ4n) is 4.62. The van der Waals surface area contributed by atoms with Crippen molar-refractivity contribution in [3.8, 4) is 17.3 Å². The average molecular weight is 467 g/mol. The smallest absolute Gasteiger partial charge is 0.311 e. The van der Waals surface area contributed by atoms with E-state index in [4.69, 9.17) is 4.52 Å². The quantitative estimate of drug-likeness (QED) is 0.264. The molecule has 9 heteroatoms. The van der Waals surface area contributed by atoms with Crippen molar-refractivity contribution in [2.75, 3.05) is 5.32 Å². The van der Waals surface area contributed by atoms with Crippen LogP contribution >= 0.6 is 0 Å². The lowest BCUT2D eigenvalue weighted by atomic mass is 9.95. The first-order valence-electron chi connectivity index (χ1n) is 11.1. The van der Waals surface area contributed by atoms with Crippen molar-refractivity contribution in [1.29, 1.82) is 5.26 Å². The first kappa shape index (κ1) is 22.1. The molecule has 174 valence electrons. The second kappa shape index (κ2) is 8.57. The normalized spacial score (nSPS) is 12.1. The van der Waals surface area contributed by atoms with Gasteiger partial charge in [-0.3, -0.25) is 15.1 Å². The van der Waals surface area contributed by atoms with Gasteiger partial charge >= 0.3 is 5.97 Å². The second-order valence-electron chi connectivity index (χ2n) is 8.44. The Balaban J connectivity index is 1.77. The van der Waals surface area contributed by atoms with Crippen LogP contribution in [-0.4, -0.2) is 30.8 Å². The molecule has 3 heterocycles. The number of hydrogen-bond acceptors (Lipinski definition) is 7. The monoisotopic (exact) mass is 466 g/mol. The zero-order valence-corrected chi connectivity index (χ0v) is 19.4. The number of carboxylic acids is 1. The third-order valence-electron chi connectivity index (χ3n) is 6.21. The van der Waals surface area contributed by atoms with Gasteiger partial charge in [-0.1, -0.05) is 35.5 Å². The second-order valence-corrected chi connectivity index (χ2v) is 8.44. The van der Waals surface area contributed by atoms with Gasteiger partial charge in [0.15, 0.2) is 12.0 Å². The highest BCUT2D eigenvalue weighted by molar-refractivity contribution is 6.05. The summed E-state index contributed by atoms with van der Waals surface area (Å²) in [5.41, 5.74) is 6.33. The molecular formula is C26H22N6O3. The molecule has 0 aliphatic heterocycles. The van der Waals surface area contributed by atoms with Crippen molar-refractivity contribution in [2.45, 2.75) is 33.2 Å². The molecule has 0 saturated carbocycles. The summed E-state index contributed by atoms with van der Waals surface area (Å²) >= 11 is 0. The average Bonchev–Trinajstić information content (AvgIpc) is 3.38. The molecule has 1 atom stereocenters. The molecule has 35 heavy (non-hydrogen) atoms. The maximum absolute atomic E-state index is 11.3. The molecule has 0 aliphatic rings. The third kappa shape index (κ3) is 3.75. The Morgan fingerprint density at radius 3 is 2.71 bits per heavy atom. The Morgan fingerprint density at radius 1 is 1.23 bits per heavy atom. The van der Waals surface area contributed by atoms with Gasteiger partial charge in [-0.25, -0.2) is 4.98 Å². The van der Waals surface area contributed by atoms with Crippen LogP contribution in [0, 0.1) is 25.3 Å². The summed E-state index contributed by atoms with van der Waals surface area (Å²) in [5.74, 6) is -0.243. The molecule has 0 fully saturated rings. The highest BCUT2D eigenvalue weighted by Gasteiger charge is 2.23. The summed E-state index contributed by atoms with van der Waals surface area (Å²) in [4.78, 5) is 20.6. The Morgan fingerprint density at radius 2 is 2.00 bits per heavy atom. The zero-order chi connectivity index (χ0) is 24.7. The highest BCUT2D eigenvalue weighted by atomic mass is 16.5. The minimum absolute atomic E-state index is 0.106. The number of carbonyl (C=O) groups is 1. The molecule has 0 radical (unpaired) electrons. The van der Waals surface area contributed by atoms with Crippen molar-refractivity contribution in [3.63, 3.8) is 0 Å². The van der Waals surface area contributed by atoms with Gasteiger partial charge in [0.25, 0.3) is 0 Å². The number of aryl methyl sites for hydroxylation is 2. The number of fused-ring (bicyclic) bond motifs is 3. The van der Waals surface area contributed by atoms with Gasteiger partial charge in [0.1, 0.15) is 11.9 Å². The summed E-state index contributed by atoms with van der Waals surface area (Å²) in [6, 6.07) is 13.8. The molecule has 0 aliphatic carbocycles. The number of nitriles is 1. The standard InChI is InChI=1S/C26H22N6O3/c1-14-9-19-20(10-18(14)24-15(2)31-35-22(24)11-23(33)34)28-12-21-25(19)32(26(30-21)29-13-27)16(3)17-7-5-4-6-8-17/h4-10,12,16H,11H2,1-3H3,(H,29,30)(H,33,34)/t16-/m1/s1. The minimum Gasteiger partial charge on any atom is -0.481 e. The van der Waals surface area contributed by atoms with Crippen molar-refractivity contribution in [2.24, 2.45) is 0 Å². The minimum atomic E-state index is -0.989. The number of aromatic nitrogens is 4. The van der Waals surface area contributed by atoms with E-state index in [0.717, 1.165) is 27.6 Å². The van der Waals surface area contributed by atoms with Gasteiger partial charge in [-0.05, 0) is 49.6 Å². The number of nitrogens with zero attached hydrogens (tertiary/aromatic N) is 5. The molecule has 5 rings (SSSR count). The summed E-state index contributed by atoms with van der Waals surface area (Å²) < 4.78 is 7.33. The molecule has 0 bridgehead atoms. The molecule has 3 aromatic heterocycles. The molecular weight excluding hydrogens is 444 g/mol. The van der Waals surface area contributed by atoms with E-state index in [-0.39, 0.29) is 12.5 Å². The van der Waals surface area contributed by atoms with E-state index < -0.39 is 5.97 Å². The lowest BCUT2D eigenvalue weighted by molar-refractivity contribution is -0.136. The molecule has 0 saturated heterocycles. The molecule has 0 unspecified atom stereocenters. The number of imidazole rings is 1. The Labute approximate surface area is 200 Å². The van der Waals surface area contributed by atoms with E-state index >= 15 is 0 Å². The SMILES string of the molecule is Cc1cc2c(cc1-c1c(C)noc1CC(=O)O)ncc1nc(NC#N)n([C@H](C)c3ccccc3)c12. The van der Waals surface area contributed by atoms with Gasteiger partial charge in [0.2, 0.25) is 5.95 Å². The van der Waals surface area contributed by atoms with Crippen LogP contribution in [0.2, 0.25) is 0 Å². The molecule has 5 aromatic rings. The van der Waals surface area contributed by atoms with Crippen molar-refractivity contribution in [3.05, 3.63) is 71.2 Å². The van der Waals surface area contributed by atoms with Crippen LogP contribution in [0.4, 0.5) is 5.95 Å². The number of benzene rings is 2. The largest absolute Gasteiger partial charge is 0.481 e. The molecule has 9 nitrogen and oxygen atoms in total. The van der Waals surface area contributed by atoms with E-state index in [1.165, 1.54) is 0 Å². The van der Waals surface area contributed by atoms with E-state index in [2.05, 4.69) is 27.4 Å². The van der Waals surface area contributed by atoms with Gasteiger partial charge in [0.05, 0.1) is 29.0 Å². The van der Waals surface area contributed by atoms with Crippen LogP contribution in [0.3, 0.4) is 0 Å². The van der Waals surface area contributed by atoms with Crippen LogP contribution in [0.25, 0.3) is 33.1 Å². The fourth-order valence-corrected chi connectivity index (χ4v) is 4.62. The van der Waals surface area contributed by atoms with Gasteiger partial charge < -0.3 is 14.2 Å². The maximum atomic E-state index is 11.3. The summed E-state index contributed by atoms with van der Waals surface area (Å²) in [6.45, 7) is 5.81. The summed E-state index contributed by atoms with van der Waals surface area (Å²) in [6.07, 6.45) is 3.42. The van der Waals surface area contributed by atoms with Crippen LogP contribution in [-0.2, 0) is 11.2 Å².